The Morgan fingerprint density at radius 1 is 1.46 bits per heavy atom. The first kappa shape index (κ1) is 21.4. The van der Waals surface area contributed by atoms with Gasteiger partial charge in [0.25, 0.3) is 5.56 Å². The molecule has 6 nitrogen and oxygen atoms in total. The second kappa shape index (κ2) is 9.96. The molecule has 2 aromatic heterocycles. The number of H-pyrrole nitrogens is 1. The van der Waals surface area contributed by atoms with Crippen molar-refractivity contribution in [1.29, 1.82) is 0 Å². The fraction of sp³-hybridized carbons (Fsp3) is 0.714. The number of rotatable bonds is 10. The van der Waals surface area contributed by atoms with Gasteiger partial charge in [-0.1, -0.05) is 20.3 Å². The first-order valence-corrected chi connectivity index (χ1v) is 11.3. The van der Waals surface area contributed by atoms with Crippen LogP contribution in [0.5, 0.6) is 0 Å². The lowest BCUT2D eigenvalue weighted by molar-refractivity contribution is 0.0917. The molecule has 0 amide bonds. The van der Waals surface area contributed by atoms with Crippen LogP contribution in [0.15, 0.2) is 4.79 Å². The molecule has 7 heteroatoms. The van der Waals surface area contributed by atoms with Crippen LogP contribution in [-0.2, 0) is 24.1 Å². The van der Waals surface area contributed by atoms with E-state index >= 15 is 0 Å². The fourth-order valence-corrected chi connectivity index (χ4v) is 5.47. The molecule has 1 aliphatic carbocycles. The molecule has 0 fully saturated rings. The number of aryl methyl sites for hydroxylation is 1. The summed E-state index contributed by atoms with van der Waals surface area (Å²) in [5.41, 5.74) is 1.20. The number of nitrogens with one attached hydrogen (secondary N) is 1. The number of thiophene rings is 1. The Labute approximate surface area is 170 Å². The minimum Gasteiger partial charge on any atom is -0.392 e. The SMILES string of the molecule is CCCC(O)CN(CCCOC)Cc1nc2sc3c(c2c(=O)[nH]1)CCC(C)C3. The maximum absolute atomic E-state index is 12.8. The van der Waals surface area contributed by atoms with Crippen molar-refractivity contribution in [1.82, 2.24) is 14.9 Å². The standard InChI is InChI=1S/C21H33N3O3S/c1-4-6-15(25)12-24(9-5-10-27-3)13-18-22-20(26)19-16-8-7-14(2)11-17(16)28-21(19)23-18/h14-15,25H,4-13H2,1-3H3,(H,22,23,26). The summed E-state index contributed by atoms with van der Waals surface area (Å²) in [6.45, 7) is 6.95. The normalized spacial score (nSPS) is 18.0. The molecule has 0 radical (unpaired) electrons. The van der Waals surface area contributed by atoms with Gasteiger partial charge >= 0.3 is 0 Å². The molecule has 2 N–H and O–H groups in total. The van der Waals surface area contributed by atoms with Crippen LogP contribution in [0.1, 0.15) is 55.8 Å². The molecule has 2 heterocycles. The predicted molar refractivity (Wildman–Crippen MR) is 114 cm³/mol. The summed E-state index contributed by atoms with van der Waals surface area (Å²) in [5, 5.41) is 11.1. The number of aliphatic hydroxyl groups is 1. The van der Waals surface area contributed by atoms with Gasteiger partial charge in [0.15, 0.2) is 0 Å². The van der Waals surface area contributed by atoms with Gasteiger partial charge in [-0.3, -0.25) is 9.69 Å². The number of ether oxygens (including phenoxy) is 1. The summed E-state index contributed by atoms with van der Waals surface area (Å²) in [6.07, 6.45) is 5.42. The lowest BCUT2D eigenvalue weighted by Gasteiger charge is -2.24. The second-order valence-corrected chi connectivity index (χ2v) is 9.15. The van der Waals surface area contributed by atoms with Crippen LogP contribution < -0.4 is 5.56 Å². The maximum atomic E-state index is 12.8. The highest BCUT2D eigenvalue weighted by Gasteiger charge is 2.23. The van der Waals surface area contributed by atoms with Gasteiger partial charge in [-0.2, -0.15) is 0 Å². The molecule has 2 unspecified atom stereocenters. The van der Waals surface area contributed by atoms with E-state index in [0.717, 1.165) is 55.3 Å². The van der Waals surface area contributed by atoms with E-state index in [2.05, 4.69) is 23.7 Å². The average molecular weight is 408 g/mol. The van der Waals surface area contributed by atoms with Gasteiger partial charge in [-0.15, -0.1) is 11.3 Å². The quantitative estimate of drug-likeness (QED) is 0.592. The number of methoxy groups -OCH3 is 1. The van der Waals surface area contributed by atoms with Gasteiger partial charge in [0.05, 0.1) is 18.0 Å². The molecule has 1 aliphatic rings. The fourth-order valence-electron chi connectivity index (χ4n) is 4.07. The highest BCUT2D eigenvalue weighted by Crippen LogP contribution is 2.35. The summed E-state index contributed by atoms with van der Waals surface area (Å²) in [4.78, 5) is 25.0. The van der Waals surface area contributed by atoms with Crippen molar-refractivity contribution in [3.63, 3.8) is 0 Å². The third-order valence-corrected chi connectivity index (χ3v) is 6.65. The summed E-state index contributed by atoms with van der Waals surface area (Å²) < 4.78 is 5.17. The van der Waals surface area contributed by atoms with E-state index in [4.69, 9.17) is 9.72 Å². The summed E-state index contributed by atoms with van der Waals surface area (Å²) in [6, 6.07) is 0. The smallest absolute Gasteiger partial charge is 0.259 e. The Morgan fingerprint density at radius 2 is 2.29 bits per heavy atom. The van der Waals surface area contributed by atoms with Crippen molar-refractivity contribution in [2.24, 2.45) is 5.92 Å². The second-order valence-electron chi connectivity index (χ2n) is 8.07. The molecular formula is C21H33N3O3S. The van der Waals surface area contributed by atoms with Crippen LogP contribution in [0, 0.1) is 5.92 Å². The molecule has 0 spiro atoms. The molecule has 0 aliphatic heterocycles. The van der Waals surface area contributed by atoms with E-state index < -0.39 is 0 Å². The van der Waals surface area contributed by atoms with Crippen molar-refractivity contribution < 1.29 is 9.84 Å². The number of nitrogens with zero attached hydrogens (tertiary/aromatic N) is 2. The van der Waals surface area contributed by atoms with Crippen LogP contribution in [0.4, 0.5) is 0 Å². The van der Waals surface area contributed by atoms with Crippen molar-refractivity contribution in [3.05, 3.63) is 26.6 Å². The molecule has 0 saturated heterocycles. The average Bonchev–Trinajstić information content (AvgIpc) is 2.99. The van der Waals surface area contributed by atoms with Crippen molar-refractivity contribution in [2.75, 3.05) is 26.8 Å². The molecule has 2 atom stereocenters. The predicted octanol–water partition coefficient (Wildman–Crippen LogP) is 3.11. The highest BCUT2D eigenvalue weighted by molar-refractivity contribution is 7.18. The topological polar surface area (TPSA) is 78.5 Å². The van der Waals surface area contributed by atoms with E-state index in [1.54, 1.807) is 18.4 Å². The lowest BCUT2D eigenvalue weighted by Crippen LogP contribution is -2.34. The summed E-state index contributed by atoms with van der Waals surface area (Å²) in [5.74, 6) is 1.36. The number of fused-ring (bicyclic) bond motifs is 3. The van der Waals surface area contributed by atoms with E-state index in [1.165, 1.54) is 10.4 Å². The van der Waals surface area contributed by atoms with Crippen molar-refractivity contribution >= 4 is 21.6 Å². The Morgan fingerprint density at radius 3 is 3.04 bits per heavy atom. The van der Waals surface area contributed by atoms with Gasteiger partial charge in [0.2, 0.25) is 0 Å². The van der Waals surface area contributed by atoms with E-state index in [0.29, 0.717) is 31.4 Å². The number of hydrogen-bond donors (Lipinski definition) is 2. The number of hydrogen-bond acceptors (Lipinski definition) is 6. The van der Waals surface area contributed by atoms with Crippen molar-refractivity contribution in [3.8, 4) is 0 Å². The van der Waals surface area contributed by atoms with E-state index in [9.17, 15) is 9.90 Å². The lowest BCUT2D eigenvalue weighted by atomic mass is 9.89. The third kappa shape index (κ3) is 5.20. The van der Waals surface area contributed by atoms with Gasteiger partial charge in [-0.25, -0.2) is 4.98 Å². The van der Waals surface area contributed by atoms with Crippen molar-refractivity contribution in [2.45, 2.75) is 65.0 Å². The first-order chi connectivity index (χ1) is 13.5. The third-order valence-electron chi connectivity index (χ3n) is 5.50. The van der Waals surface area contributed by atoms with E-state index in [1.807, 2.05) is 0 Å². The largest absolute Gasteiger partial charge is 0.392 e. The van der Waals surface area contributed by atoms with Gasteiger partial charge in [-0.05, 0) is 43.6 Å². The monoisotopic (exact) mass is 407 g/mol. The van der Waals surface area contributed by atoms with Crippen LogP contribution in [0.3, 0.4) is 0 Å². The molecule has 0 saturated carbocycles. The summed E-state index contributed by atoms with van der Waals surface area (Å²) >= 11 is 1.68. The minimum absolute atomic E-state index is 0.0157. The molecular weight excluding hydrogens is 374 g/mol. The molecule has 156 valence electrons. The van der Waals surface area contributed by atoms with Crippen LogP contribution >= 0.6 is 11.3 Å². The first-order valence-electron chi connectivity index (χ1n) is 10.4. The van der Waals surface area contributed by atoms with Crippen LogP contribution in [-0.4, -0.2) is 52.9 Å². The Kier molecular flexibility index (Phi) is 7.62. The van der Waals surface area contributed by atoms with Crippen LogP contribution in [0.2, 0.25) is 0 Å². The zero-order chi connectivity index (χ0) is 20.1. The maximum Gasteiger partial charge on any atom is 0.259 e. The Balaban J connectivity index is 1.81. The van der Waals surface area contributed by atoms with Gasteiger partial charge in [0.1, 0.15) is 10.7 Å². The molecule has 3 rings (SSSR count). The Bertz CT molecular complexity index is 832. The number of aromatic nitrogens is 2. The zero-order valence-corrected chi connectivity index (χ0v) is 18.1. The molecule has 28 heavy (non-hydrogen) atoms. The highest BCUT2D eigenvalue weighted by atomic mass is 32.1. The van der Waals surface area contributed by atoms with Gasteiger partial charge in [0, 0.05) is 31.7 Å². The molecule has 0 bridgehead atoms. The summed E-state index contributed by atoms with van der Waals surface area (Å²) in [7, 11) is 1.70. The zero-order valence-electron chi connectivity index (χ0n) is 17.3. The number of aliphatic hydroxyl groups excluding tert-OH is 1. The molecule has 2 aromatic rings. The molecule has 0 aromatic carbocycles. The Hall–Kier alpha value is -1.28. The van der Waals surface area contributed by atoms with Gasteiger partial charge < -0.3 is 14.8 Å². The van der Waals surface area contributed by atoms with Crippen LogP contribution in [0.25, 0.3) is 10.2 Å². The van der Waals surface area contributed by atoms with E-state index in [-0.39, 0.29) is 11.7 Å². The minimum atomic E-state index is -0.362. The number of aromatic amines is 1.